The molecule has 0 saturated carbocycles. The molecule has 6 aromatic rings. The van der Waals surface area contributed by atoms with Crippen LogP contribution in [0.4, 0.5) is 13.2 Å². The highest BCUT2D eigenvalue weighted by molar-refractivity contribution is 7.88. The molecular formula is C66H77F3N6O17S. The molecule has 3 fully saturated rings. The summed E-state index contributed by atoms with van der Waals surface area (Å²) in [5.41, 5.74) is 1.30. The van der Waals surface area contributed by atoms with Gasteiger partial charge in [0.25, 0.3) is 0 Å². The number of hydrogen-bond acceptors (Lipinski definition) is 20. The van der Waals surface area contributed by atoms with E-state index in [0.717, 1.165) is 78.2 Å². The molecule has 0 bridgehead atoms. The van der Waals surface area contributed by atoms with Crippen LogP contribution in [0.5, 0.6) is 23.4 Å². The summed E-state index contributed by atoms with van der Waals surface area (Å²) in [6, 6.07) is 21.2. The van der Waals surface area contributed by atoms with Crippen LogP contribution in [0.2, 0.25) is 0 Å². The molecule has 3 atom stereocenters. The minimum atomic E-state index is -5.78. The fourth-order valence-corrected chi connectivity index (χ4v) is 11.8. The van der Waals surface area contributed by atoms with Crippen LogP contribution in [-0.4, -0.2) is 162 Å². The number of hydrogen-bond donors (Lipinski definition) is 2. The van der Waals surface area contributed by atoms with Crippen LogP contribution < -0.4 is 35.5 Å². The summed E-state index contributed by atoms with van der Waals surface area (Å²) in [7, 11) is -5.78. The van der Waals surface area contributed by atoms with Crippen molar-refractivity contribution in [1.29, 1.82) is 0 Å². The number of aryl methyl sites for hydroxylation is 4. The Balaban J connectivity index is 0.000000153. The van der Waals surface area contributed by atoms with Gasteiger partial charge in [0.1, 0.15) is 49.5 Å². The van der Waals surface area contributed by atoms with Gasteiger partial charge in [-0.1, -0.05) is 63.8 Å². The molecule has 2 N–H and O–H groups in total. The van der Waals surface area contributed by atoms with Crippen LogP contribution in [0.3, 0.4) is 0 Å². The number of halogens is 3. The first-order valence-corrected chi connectivity index (χ1v) is 32.8. The zero-order chi connectivity index (χ0) is 65.9. The molecule has 0 amide bonds. The number of ether oxygens (including phenoxy) is 9. The first kappa shape index (κ1) is 68.3. The predicted molar refractivity (Wildman–Crippen MR) is 333 cm³/mol. The van der Waals surface area contributed by atoms with Gasteiger partial charge < -0.3 is 57.0 Å². The zero-order valence-corrected chi connectivity index (χ0v) is 53.2. The van der Waals surface area contributed by atoms with E-state index in [0.29, 0.717) is 115 Å². The van der Waals surface area contributed by atoms with Gasteiger partial charge in [0.2, 0.25) is 17.6 Å². The van der Waals surface area contributed by atoms with Crippen LogP contribution >= 0.6 is 0 Å². The summed E-state index contributed by atoms with van der Waals surface area (Å²) in [6.45, 7) is 14.6. The molecule has 500 valence electrons. The highest BCUT2D eigenvalue weighted by Crippen LogP contribution is 2.36. The molecule has 0 aliphatic carbocycles. The van der Waals surface area contributed by atoms with E-state index in [9.17, 15) is 46.2 Å². The topological polar surface area (TPSA) is 272 Å². The summed E-state index contributed by atoms with van der Waals surface area (Å²) < 4.78 is 119. The molecule has 93 heavy (non-hydrogen) atoms. The van der Waals surface area contributed by atoms with Gasteiger partial charge in [0.05, 0.1) is 82.1 Å². The number of aliphatic hydroxyl groups is 2. The summed E-state index contributed by atoms with van der Waals surface area (Å²) in [5.74, 6) is 6.32. The maximum Gasteiger partial charge on any atom is 0.534 e. The second-order valence-electron chi connectivity index (χ2n) is 23.2. The lowest BCUT2D eigenvalue weighted by Crippen LogP contribution is -2.34. The largest absolute Gasteiger partial charge is 0.534 e. The Kier molecular flexibility index (Phi) is 22.2. The Morgan fingerprint density at radius 1 is 0.559 bits per heavy atom. The third kappa shape index (κ3) is 17.1. The molecule has 0 spiro atoms. The van der Waals surface area contributed by atoms with Crippen molar-refractivity contribution in [3.63, 3.8) is 0 Å². The van der Waals surface area contributed by atoms with E-state index in [2.05, 4.69) is 49.2 Å². The smallest absolute Gasteiger partial charge is 0.475 e. The highest BCUT2D eigenvalue weighted by atomic mass is 32.2. The van der Waals surface area contributed by atoms with Crippen molar-refractivity contribution in [3.8, 4) is 69.0 Å². The second kappa shape index (κ2) is 30.3. The van der Waals surface area contributed by atoms with Gasteiger partial charge in [0.15, 0.2) is 0 Å². The number of rotatable bonds is 18. The quantitative estimate of drug-likeness (QED) is 0.0535. The van der Waals surface area contributed by atoms with Crippen LogP contribution in [0.15, 0.2) is 87.2 Å². The van der Waals surface area contributed by atoms with Crippen LogP contribution in [-0.2, 0) is 83.9 Å². The first-order chi connectivity index (χ1) is 44.7. The van der Waals surface area contributed by atoms with E-state index in [4.69, 9.17) is 42.6 Å². The van der Waals surface area contributed by atoms with E-state index in [1.165, 1.54) is 33.9 Å². The highest BCUT2D eigenvalue weighted by Gasteiger charge is 2.48. The monoisotopic (exact) mass is 1310 g/mol. The van der Waals surface area contributed by atoms with Gasteiger partial charge in [-0.2, -0.15) is 36.5 Å². The Bertz CT molecular complexity index is 3970. The lowest BCUT2D eigenvalue weighted by molar-refractivity contribution is -0.102. The average molecular weight is 1320 g/mol. The van der Waals surface area contributed by atoms with Crippen LogP contribution in [0.1, 0.15) is 87.6 Å². The minimum Gasteiger partial charge on any atom is -0.475 e. The molecule has 3 aromatic carbocycles. The lowest BCUT2D eigenvalue weighted by Gasteiger charge is -2.26. The van der Waals surface area contributed by atoms with E-state index < -0.39 is 38.3 Å². The van der Waals surface area contributed by atoms with Crippen molar-refractivity contribution in [2.45, 2.75) is 140 Å². The van der Waals surface area contributed by atoms with Gasteiger partial charge in [0, 0.05) is 60.1 Å². The molecule has 0 unspecified atom stereocenters. The van der Waals surface area contributed by atoms with Crippen molar-refractivity contribution in [3.05, 3.63) is 132 Å². The predicted octanol–water partition coefficient (Wildman–Crippen LogP) is 6.40. The molecule has 6 aliphatic rings. The normalized spacial score (nSPS) is 18.3. The SMILES string of the molecule is CCC(O)(C#Cc1ccc2c(c1)CCn1c-2cc(OC[C@@H]2COCCO2)nc1=O)CC.CCC(O)(CC)CCc1ccc2c(c1)CCn1c-2cc(OC[C@@H]2COCCO2)nc1=O.O=c1nc(OC[C@@H]2COCCO2)cc2n1CCc1cc(OS(=O)(=O)C(F)(F)F)ccc1-2. The van der Waals surface area contributed by atoms with Crippen molar-refractivity contribution in [2.24, 2.45) is 0 Å². The molecule has 23 nitrogen and oxygen atoms in total. The van der Waals surface area contributed by atoms with Crippen molar-refractivity contribution >= 4 is 10.1 Å². The lowest BCUT2D eigenvalue weighted by atomic mass is 9.88. The fraction of sp³-hybridized carbons (Fsp3) is 0.515. The standard InChI is InChI=1S/C24H32N2O5.C24H28N2O5.C18H17F3N2O7S/c2*1-3-24(28,4-2)9-7-17-5-6-20-18(13-17)8-10-26-21(20)14-22(25-23(26)27)31-16-19-15-29-11-12-30-19;19-18(20,21)31(25,26)30-12-1-2-14-11(7-12)3-4-23-15(14)8-16(22-17(23)24)29-10-13-9-27-5-6-28-13/h5-6,13-14,19,28H,3-4,7-12,15-16H2,1-2H3;5-6,13-14,19,28H,3-4,8,10-12,15-16H2,1-2H3;1-2,7-8,13H,3-6,9-10H2/t2*19-;13-/m000/s1. The Morgan fingerprint density at radius 2 is 0.978 bits per heavy atom. The van der Waals surface area contributed by atoms with E-state index in [-0.39, 0.29) is 67.6 Å². The molecule has 27 heteroatoms. The summed E-state index contributed by atoms with van der Waals surface area (Å²) in [4.78, 5) is 49.6. The zero-order valence-electron chi connectivity index (χ0n) is 52.4. The molecule has 12 rings (SSSR count). The molecule has 9 heterocycles. The maximum absolute atomic E-state index is 12.6. The molecule has 6 aliphatic heterocycles. The molecular weight excluding hydrogens is 1240 g/mol. The van der Waals surface area contributed by atoms with E-state index >= 15 is 0 Å². The number of alkyl halides is 3. The van der Waals surface area contributed by atoms with Crippen molar-refractivity contribution in [2.75, 3.05) is 79.3 Å². The van der Waals surface area contributed by atoms with Crippen LogP contribution in [0, 0.1) is 11.8 Å². The molecule has 0 radical (unpaired) electrons. The summed E-state index contributed by atoms with van der Waals surface area (Å²) >= 11 is 0. The number of fused-ring (bicyclic) bond motifs is 9. The Morgan fingerprint density at radius 3 is 1.39 bits per heavy atom. The third-order valence-corrected chi connectivity index (χ3v) is 18.1. The summed E-state index contributed by atoms with van der Waals surface area (Å²) in [6.07, 6.45) is 5.49. The van der Waals surface area contributed by atoms with E-state index in [1.807, 2.05) is 52.0 Å². The second-order valence-corrected chi connectivity index (χ2v) is 24.8. The Hall–Kier alpha value is -7.52. The summed E-state index contributed by atoms with van der Waals surface area (Å²) in [5, 5.41) is 21.0. The number of benzene rings is 3. The maximum atomic E-state index is 12.6. The van der Waals surface area contributed by atoms with Crippen LogP contribution in [0.25, 0.3) is 33.8 Å². The van der Waals surface area contributed by atoms with Gasteiger partial charge in [-0.05, 0) is 110 Å². The third-order valence-electron chi connectivity index (χ3n) is 17.2. The first-order valence-electron chi connectivity index (χ1n) is 31.4. The average Bonchev–Trinajstić information content (AvgIpc) is 0.830. The molecule has 3 aromatic heterocycles. The van der Waals surface area contributed by atoms with Crippen molar-refractivity contribution in [1.82, 2.24) is 28.7 Å². The minimum absolute atomic E-state index is 0.0678. The molecule has 3 saturated heterocycles. The van der Waals surface area contributed by atoms with Gasteiger partial charge in [-0.3, -0.25) is 13.7 Å². The van der Waals surface area contributed by atoms with Gasteiger partial charge >= 0.3 is 32.7 Å². The van der Waals surface area contributed by atoms with Gasteiger partial charge in [-0.25, -0.2) is 14.4 Å². The fourth-order valence-electron chi connectivity index (χ4n) is 11.4. The number of aromatic nitrogens is 6. The number of nitrogens with zero attached hydrogens (tertiary/aromatic N) is 6. The Labute approximate surface area is 535 Å². The van der Waals surface area contributed by atoms with Crippen molar-refractivity contribution < 1.29 is 78.6 Å². The van der Waals surface area contributed by atoms with E-state index in [1.54, 1.807) is 15.2 Å². The van der Waals surface area contributed by atoms with Gasteiger partial charge in [-0.15, -0.1) is 0 Å².